The molecule has 0 aliphatic heterocycles. The lowest BCUT2D eigenvalue weighted by molar-refractivity contribution is -0.116. The Kier molecular flexibility index (Phi) is 4.78. The molecule has 0 atom stereocenters. The molecule has 1 aromatic carbocycles. The van der Waals surface area contributed by atoms with Gasteiger partial charge in [0.25, 0.3) is 5.56 Å². The summed E-state index contributed by atoms with van der Waals surface area (Å²) in [5.41, 5.74) is 2.06. The first kappa shape index (κ1) is 17.9. The molecular weight excluding hydrogens is 365 g/mol. The Hall–Kier alpha value is -2.54. The van der Waals surface area contributed by atoms with Gasteiger partial charge in [-0.25, -0.2) is 9.37 Å². The van der Waals surface area contributed by atoms with Gasteiger partial charge in [0.1, 0.15) is 16.5 Å². The average Bonchev–Trinajstić information content (AvgIpc) is 3.02. The van der Waals surface area contributed by atoms with Crippen LogP contribution in [0.15, 0.2) is 23.0 Å². The van der Waals surface area contributed by atoms with E-state index in [0.717, 1.165) is 41.6 Å². The third-order valence-electron chi connectivity index (χ3n) is 4.86. The normalized spacial score (nSPS) is 13.6. The molecule has 0 unspecified atom stereocenters. The van der Waals surface area contributed by atoms with Gasteiger partial charge in [-0.15, -0.1) is 11.3 Å². The number of aryl methyl sites for hydroxylation is 4. The summed E-state index contributed by atoms with van der Waals surface area (Å²) < 4.78 is 13.8. The Labute approximate surface area is 159 Å². The number of amides is 1. The van der Waals surface area contributed by atoms with Gasteiger partial charge in [-0.05, 0) is 55.9 Å². The fraction of sp³-hybridized carbons (Fsp3) is 0.350. The molecule has 3 aromatic rings. The van der Waals surface area contributed by atoms with Gasteiger partial charge < -0.3 is 10.3 Å². The summed E-state index contributed by atoms with van der Waals surface area (Å²) >= 11 is 1.59. The minimum Gasteiger partial charge on any atom is -0.324 e. The largest absolute Gasteiger partial charge is 0.324 e. The Morgan fingerprint density at radius 1 is 1.33 bits per heavy atom. The summed E-state index contributed by atoms with van der Waals surface area (Å²) in [5, 5.41) is 3.29. The number of benzene rings is 1. The van der Waals surface area contributed by atoms with Crippen LogP contribution in [0.3, 0.4) is 0 Å². The van der Waals surface area contributed by atoms with E-state index in [2.05, 4.69) is 15.3 Å². The molecule has 0 saturated heterocycles. The van der Waals surface area contributed by atoms with Crippen LogP contribution in [0.5, 0.6) is 0 Å². The number of rotatable bonds is 4. The fourth-order valence-corrected chi connectivity index (χ4v) is 4.79. The van der Waals surface area contributed by atoms with E-state index in [0.29, 0.717) is 17.6 Å². The van der Waals surface area contributed by atoms with E-state index in [-0.39, 0.29) is 23.6 Å². The van der Waals surface area contributed by atoms with Gasteiger partial charge in [-0.3, -0.25) is 9.59 Å². The van der Waals surface area contributed by atoms with Gasteiger partial charge in [-0.2, -0.15) is 0 Å². The van der Waals surface area contributed by atoms with Crippen LogP contribution in [0, 0.1) is 12.7 Å². The number of hydrogen-bond donors (Lipinski definition) is 2. The topological polar surface area (TPSA) is 74.8 Å². The lowest BCUT2D eigenvalue weighted by atomic mass is 9.97. The number of thiophene rings is 1. The summed E-state index contributed by atoms with van der Waals surface area (Å²) in [6.07, 6.45) is 4.62. The molecule has 0 radical (unpaired) electrons. The number of carbonyl (C=O) groups is 1. The summed E-state index contributed by atoms with van der Waals surface area (Å²) in [6, 6.07) is 4.57. The first-order valence-corrected chi connectivity index (χ1v) is 9.92. The van der Waals surface area contributed by atoms with Crippen LogP contribution < -0.4 is 10.9 Å². The zero-order valence-electron chi connectivity index (χ0n) is 15.0. The van der Waals surface area contributed by atoms with Crippen molar-refractivity contribution in [1.82, 2.24) is 9.97 Å². The summed E-state index contributed by atoms with van der Waals surface area (Å²) in [7, 11) is 0. The lowest BCUT2D eigenvalue weighted by Gasteiger charge is -2.09. The van der Waals surface area contributed by atoms with Crippen LogP contribution in [0.1, 0.15) is 41.1 Å². The van der Waals surface area contributed by atoms with E-state index in [1.54, 1.807) is 23.5 Å². The highest BCUT2D eigenvalue weighted by Gasteiger charge is 2.20. The van der Waals surface area contributed by atoms with Crippen LogP contribution in [0.4, 0.5) is 10.1 Å². The minimum absolute atomic E-state index is 0.118. The van der Waals surface area contributed by atoms with E-state index in [1.807, 2.05) is 6.92 Å². The Morgan fingerprint density at radius 3 is 3.00 bits per heavy atom. The zero-order chi connectivity index (χ0) is 19.0. The molecule has 5 nitrogen and oxygen atoms in total. The van der Waals surface area contributed by atoms with Crippen molar-refractivity contribution >= 4 is 33.1 Å². The van der Waals surface area contributed by atoms with Crippen molar-refractivity contribution in [2.24, 2.45) is 0 Å². The van der Waals surface area contributed by atoms with Crippen molar-refractivity contribution in [3.05, 3.63) is 56.2 Å². The van der Waals surface area contributed by atoms with E-state index >= 15 is 0 Å². The van der Waals surface area contributed by atoms with Crippen molar-refractivity contribution in [2.75, 3.05) is 5.32 Å². The first-order chi connectivity index (χ1) is 13.0. The summed E-state index contributed by atoms with van der Waals surface area (Å²) in [5.74, 6) is -0.287. The SMILES string of the molecule is Cc1ccc(F)c(NC(=O)CCc2nc3sc4c(c3c(=O)[nH]2)CCCC4)c1. The van der Waals surface area contributed by atoms with Crippen molar-refractivity contribution in [2.45, 2.75) is 45.4 Å². The lowest BCUT2D eigenvalue weighted by Crippen LogP contribution is -2.17. The third kappa shape index (κ3) is 3.64. The molecule has 2 heterocycles. The average molecular weight is 385 g/mol. The van der Waals surface area contributed by atoms with E-state index in [9.17, 15) is 14.0 Å². The van der Waals surface area contributed by atoms with Crippen LogP contribution in [0.2, 0.25) is 0 Å². The second kappa shape index (κ2) is 7.23. The Bertz CT molecular complexity index is 1090. The maximum atomic E-state index is 13.8. The highest BCUT2D eigenvalue weighted by Crippen LogP contribution is 2.33. The van der Waals surface area contributed by atoms with Crippen molar-refractivity contribution in [1.29, 1.82) is 0 Å². The second-order valence-corrected chi connectivity index (χ2v) is 8.02. The highest BCUT2D eigenvalue weighted by molar-refractivity contribution is 7.18. The molecule has 1 aliphatic rings. The predicted molar refractivity (Wildman–Crippen MR) is 105 cm³/mol. The number of anilines is 1. The molecule has 0 spiro atoms. The van der Waals surface area contributed by atoms with Gasteiger partial charge in [0, 0.05) is 17.7 Å². The highest BCUT2D eigenvalue weighted by atomic mass is 32.1. The van der Waals surface area contributed by atoms with Crippen LogP contribution in [-0.2, 0) is 24.1 Å². The summed E-state index contributed by atoms with van der Waals surface area (Å²) in [6.45, 7) is 1.83. The quantitative estimate of drug-likeness (QED) is 0.716. The third-order valence-corrected chi connectivity index (χ3v) is 6.04. The predicted octanol–water partition coefficient (Wildman–Crippen LogP) is 3.88. The number of carbonyl (C=O) groups excluding carboxylic acids is 1. The van der Waals surface area contributed by atoms with Crippen molar-refractivity contribution in [3.8, 4) is 0 Å². The van der Waals surface area contributed by atoms with Gasteiger partial charge in [0.05, 0.1) is 11.1 Å². The van der Waals surface area contributed by atoms with Gasteiger partial charge in [0.2, 0.25) is 5.91 Å². The molecule has 2 aromatic heterocycles. The molecule has 4 rings (SSSR count). The molecule has 0 saturated carbocycles. The number of hydrogen-bond acceptors (Lipinski definition) is 4. The maximum Gasteiger partial charge on any atom is 0.259 e. The molecular formula is C20H20FN3O2S. The van der Waals surface area contributed by atoms with E-state index in [4.69, 9.17) is 0 Å². The zero-order valence-corrected chi connectivity index (χ0v) is 15.8. The Morgan fingerprint density at radius 2 is 2.15 bits per heavy atom. The first-order valence-electron chi connectivity index (χ1n) is 9.10. The van der Waals surface area contributed by atoms with E-state index < -0.39 is 5.82 Å². The van der Waals surface area contributed by atoms with Crippen LogP contribution >= 0.6 is 11.3 Å². The number of aromatic amines is 1. The standard InChI is InChI=1S/C20H20FN3O2S/c1-11-6-7-13(21)14(10-11)22-17(25)9-8-16-23-19(26)18-12-4-2-3-5-15(12)27-20(18)24-16/h6-7,10H,2-5,8-9H2,1H3,(H,22,25)(H,23,24,26). The molecule has 1 aliphatic carbocycles. The molecule has 2 N–H and O–H groups in total. The maximum absolute atomic E-state index is 13.8. The number of fused-ring (bicyclic) bond motifs is 3. The number of H-pyrrole nitrogens is 1. The number of halogens is 1. The molecule has 0 bridgehead atoms. The molecule has 1 amide bonds. The monoisotopic (exact) mass is 385 g/mol. The second-order valence-electron chi connectivity index (χ2n) is 6.94. The number of nitrogens with zero attached hydrogens (tertiary/aromatic N) is 1. The fourth-order valence-electron chi connectivity index (χ4n) is 3.51. The summed E-state index contributed by atoms with van der Waals surface area (Å²) in [4.78, 5) is 34.1. The van der Waals surface area contributed by atoms with Crippen molar-refractivity contribution in [3.63, 3.8) is 0 Å². The molecule has 27 heavy (non-hydrogen) atoms. The Balaban J connectivity index is 1.49. The van der Waals surface area contributed by atoms with E-state index in [1.165, 1.54) is 10.9 Å². The molecule has 0 fully saturated rings. The number of aromatic nitrogens is 2. The molecule has 7 heteroatoms. The van der Waals surface area contributed by atoms with Crippen LogP contribution in [-0.4, -0.2) is 15.9 Å². The molecule has 140 valence electrons. The number of nitrogens with one attached hydrogen (secondary N) is 2. The smallest absolute Gasteiger partial charge is 0.259 e. The minimum atomic E-state index is -0.467. The van der Waals surface area contributed by atoms with Gasteiger partial charge >= 0.3 is 0 Å². The van der Waals surface area contributed by atoms with Gasteiger partial charge in [-0.1, -0.05) is 6.07 Å². The van der Waals surface area contributed by atoms with Crippen molar-refractivity contribution < 1.29 is 9.18 Å². The van der Waals surface area contributed by atoms with Crippen LogP contribution in [0.25, 0.3) is 10.2 Å². The van der Waals surface area contributed by atoms with Gasteiger partial charge in [0.15, 0.2) is 0 Å².